The van der Waals surface area contributed by atoms with Crippen molar-refractivity contribution in [3.8, 4) is 0 Å². The lowest BCUT2D eigenvalue weighted by atomic mass is 10.1. The molecule has 2 fully saturated rings. The summed E-state index contributed by atoms with van der Waals surface area (Å²) in [5, 5.41) is 13.2. The maximum absolute atomic E-state index is 13.1. The number of halogens is 2. The molecular formula is C16H20ClFN2O2. The molecule has 0 unspecified atom stereocenters. The van der Waals surface area contributed by atoms with Crippen LogP contribution in [-0.4, -0.2) is 47.2 Å². The molecule has 1 aromatic rings. The largest absolute Gasteiger partial charge is 0.389 e. The van der Waals surface area contributed by atoms with Crippen LogP contribution in [0.25, 0.3) is 0 Å². The fourth-order valence-electron chi connectivity index (χ4n) is 3.48. The molecule has 2 N–H and O–H groups in total. The monoisotopic (exact) mass is 326 g/mol. The van der Waals surface area contributed by atoms with Crippen molar-refractivity contribution in [1.82, 2.24) is 10.2 Å². The smallest absolute Gasteiger partial charge is 0.251 e. The van der Waals surface area contributed by atoms with Crippen molar-refractivity contribution < 1.29 is 14.3 Å². The van der Waals surface area contributed by atoms with Gasteiger partial charge in [-0.05, 0) is 57.0 Å². The average molecular weight is 327 g/mol. The van der Waals surface area contributed by atoms with Crippen LogP contribution in [0.4, 0.5) is 4.39 Å². The Kier molecular flexibility index (Phi) is 4.66. The molecule has 0 aromatic heterocycles. The standard InChI is InChI=1S/C16H20ClFN2O2/c17-11-9-10(3-4-12(11)18)16(22)19-13-5-6-14(15(13)21)20-7-1-2-8-20/h3-4,9,13-15,21H,1-2,5-8H2,(H,19,22)/t13-,14-,15-/m1/s1. The molecule has 2 aliphatic rings. The van der Waals surface area contributed by atoms with Crippen molar-refractivity contribution in [3.05, 3.63) is 34.6 Å². The third kappa shape index (κ3) is 3.12. The molecule has 1 amide bonds. The predicted molar refractivity (Wildman–Crippen MR) is 82.5 cm³/mol. The third-order valence-corrected chi connectivity index (χ3v) is 4.98. The van der Waals surface area contributed by atoms with Gasteiger partial charge in [-0.15, -0.1) is 0 Å². The summed E-state index contributed by atoms with van der Waals surface area (Å²) in [7, 11) is 0. The number of nitrogens with one attached hydrogen (secondary N) is 1. The van der Waals surface area contributed by atoms with Gasteiger partial charge in [0, 0.05) is 11.6 Å². The fraction of sp³-hybridized carbons (Fsp3) is 0.562. The van der Waals surface area contributed by atoms with Crippen LogP contribution in [0.1, 0.15) is 36.0 Å². The van der Waals surface area contributed by atoms with Crippen LogP contribution in [0, 0.1) is 5.82 Å². The lowest BCUT2D eigenvalue weighted by Crippen LogP contribution is -2.47. The van der Waals surface area contributed by atoms with Gasteiger partial charge < -0.3 is 10.4 Å². The first-order chi connectivity index (χ1) is 10.6. The Balaban J connectivity index is 1.63. The van der Waals surface area contributed by atoms with Crippen molar-refractivity contribution >= 4 is 17.5 Å². The van der Waals surface area contributed by atoms with E-state index in [4.69, 9.17) is 11.6 Å². The van der Waals surface area contributed by atoms with E-state index in [0.717, 1.165) is 25.9 Å². The zero-order chi connectivity index (χ0) is 15.7. The number of aliphatic hydroxyl groups excluding tert-OH is 1. The van der Waals surface area contributed by atoms with Gasteiger partial charge in [0.2, 0.25) is 0 Å². The molecule has 0 bridgehead atoms. The zero-order valence-corrected chi connectivity index (χ0v) is 13.0. The van der Waals surface area contributed by atoms with Crippen LogP contribution < -0.4 is 5.32 Å². The summed E-state index contributed by atoms with van der Waals surface area (Å²) in [5.41, 5.74) is 0.309. The Morgan fingerprint density at radius 1 is 1.32 bits per heavy atom. The quantitative estimate of drug-likeness (QED) is 0.895. The summed E-state index contributed by atoms with van der Waals surface area (Å²) in [5.74, 6) is -0.874. The maximum atomic E-state index is 13.1. The molecule has 3 atom stereocenters. The van der Waals surface area contributed by atoms with Crippen LogP contribution in [0.5, 0.6) is 0 Å². The number of likely N-dealkylation sites (tertiary alicyclic amines) is 1. The van der Waals surface area contributed by atoms with E-state index in [1.165, 1.54) is 31.0 Å². The Morgan fingerprint density at radius 3 is 2.73 bits per heavy atom. The van der Waals surface area contributed by atoms with Gasteiger partial charge in [-0.1, -0.05) is 11.6 Å². The minimum atomic E-state index is -0.557. The molecule has 1 aromatic carbocycles. The van der Waals surface area contributed by atoms with Gasteiger partial charge in [-0.2, -0.15) is 0 Å². The highest BCUT2D eigenvalue weighted by molar-refractivity contribution is 6.31. The van der Waals surface area contributed by atoms with Crippen LogP contribution in [0.2, 0.25) is 5.02 Å². The molecule has 6 heteroatoms. The second-order valence-electron chi connectivity index (χ2n) is 6.09. The molecule has 0 radical (unpaired) electrons. The SMILES string of the molecule is O=C(N[C@@H]1CC[C@@H](N2CCCC2)[C@@H]1O)c1ccc(F)c(Cl)c1. The Bertz CT molecular complexity index is 563. The number of amides is 1. The summed E-state index contributed by atoms with van der Waals surface area (Å²) in [6.07, 6.45) is 3.43. The summed E-state index contributed by atoms with van der Waals surface area (Å²) in [4.78, 5) is 14.5. The van der Waals surface area contributed by atoms with E-state index in [1.54, 1.807) is 0 Å². The van der Waals surface area contributed by atoms with Gasteiger partial charge in [-0.25, -0.2) is 4.39 Å². The Morgan fingerprint density at radius 2 is 2.05 bits per heavy atom. The van der Waals surface area contributed by atoms with Crippen molar-refractivity contribution in [2.75, 3.05) is 13.1 Å². The molecule has 1 saturated carbocycles. The lowest BCUT2D eigenvalue weighted by Gasteiger charge is -2.28. The van der Waals surface area contributed by atoms with E-state index in [0.29, 0.717) is 5.56 Å². The van der Waals surface area contributed by atoms with Gasteiger partial charge >= 0.3 is 0 Å². The summed E-state index contributed by atoms with van der Waals surface area (Å²) in [6, 6.07) is 3.75. The fourth-order valence-corrected chi connectivity index (χ4v) is 3.66. The number of carbonyl (C=O) groups is 1. The molecule has 1 heterocycles. The van der Waals surface area contributed by atoms with Gasteiger partial charge in [0.1, 0.15) is 5.82 Å². The number of hydrogen-bond donors (Lipinski definition) is 2. The Labute approximate surface area is 134 Å². The molecule has 22 heavy (non-hydrogen) atoms. The van der Waals surface area contributed by atoms with E-state index in [2.05, 4.69) is 10.2 Å². The number of hydrogen-bond acceptors (Lipinski definition) is 3. The molecule has 1 saturated heterocycles. The highest BCUT2D eigenvalue weighted by Crippen LogP contribution is 2.28. The number of benzene rings is 1. The summed E-state index contributed by atoms with van der Waals surface area (Å²) in [6.45, 7) is 2.05. The highest BCUT2D eigenvalue weighted by Gasteiger charge is 2.39. The lowest BCUT2D eigenvalue weighted by molar-refractivity contribution is 0.0619. The number of carbonyl (C=O) groups excluding carboxylic acids is 1. The molecule has 1 aliphatic carbocycles. The van der Waals surface area contributed by atoms with Crippen LogP contribution in [-0.2, 0) is 0 Å². The van der Waals surface area contributed by atoms with E-state index >= 15 is 0 Å². The van der Waals surface area contributed by atoms with Crippen molar-refractivity contribution in [2.45, 2.75) is 43.9 Å². The maximum Gasteiger partial charge on any atom is 0.251 e. The summed E-state index contributed by atoms with van der Waals surface area (Å²) < 4.78 is 13.1. The van der Waals surface area contributed by atoms with E-state index < -0.39 is 11.9 Å². The molecule has 1 aliphatic heterocycles. The van der Waals surface area contributed by atoms with E-state index in [-0.39, 0.29) is 23.0 Å². The minimum absolute atomic E-state index is 0.0745. The predicted octanol–water partition coefficient (Wildman–Crippen LogP) is 2.20. The number of rotatable bonds is 3. The zero-order valence-electron chi connectivity index (χ0n) is 12.3. The molecule has 0 spiro atoms. The first-order valence-electron chi connectivity index (χ1n) is 7.74. The third-order valence-electron chi connectivity index (χ3n) is 4.69. The van der Waals surface area contributed by atoms with Crippen molar-refractivity contribution in [2.24, 2.45) is 0 Å². The van der Waals surface area contributed by atoms with Gasteiger partial charge in [0.05, 0.1) is 17.2 Å². The first kappa shape index (κ1) is 15.7. The van der Waals surface area contributed by atoms with Crippen LogP contribution in [0.3, 0.4) is 0 Å². The van der Waals surface area contributed by atoms with E-state index in [9.17, 15) is 14.3 Å². The Hall–Kier alpha value is -1.17. The van der Waals surface area contributed by atoms with Gasteiger partial charge in [0.15, 0.2) is 0 Å². The summed E-state index contributed by atoms with van der Waals surface area (Å²) >= 11 is 5.70. The number of nitrogens with zero attached hydrogens (tertiary/aromatic N) is 1. The second-order valence-corrected chi connectivity index (χ2v) is 6.49. The normalized spacial score (nSPS) is 29.0. The molecule has 120 valence electrons. The molecular weight excluding hydrogens is 307 g/mol. The van der Waals surface area contributed by atoms with Crippen molar-refractivity contribution in [1.29, 1.82) is 0 Å². The molecule has 4 nitrogen and oxygen atoms in total. The van der Waals surface area contributed by atoms with Gasteiger partial charge in [-0.3, -0.25) is 9.69 Å². The highest BCUT2D eigenvalue weighted by atomic mass is 35.5. The van der Waals surface area contributed by atoms with Crippen LogP contribution in [0.15, 0.2) is 18.2 Å². The number of aliphatic hydroxyl groups is 1. The van der Waals surface area contributed by atoms with Crippen LogP contribution >= 0.6 is 11.6 Å². The molecule has 3 rings (SSSR count). The van der Waals surface area contributed by atoms with E-state index in [1.807, 2.05) is 0 Å². The minimum Gasteiger partial charge on any atom is -0.389 e. The average Bonchev–Trinajstić information content (AvgIpc) is 3.13. The first-order valence-corrected chi connectivity index (χ1v) is 8.12. The topological polar surface area (TPSA) is 52.6 Å². The van der Waals surface area contributed by atoms with Gasteiger partial charge in [0.25, 0.3) is 5.91 Å². The van der Waals surface area contributed by atoms with Crippen molar-refractivity contribution in [3.63, 3.8) is 0 Å². The second kappa shape index (κ2) is 6.52.